The first-order valence-electron chi connectivity index (χ1n) is 14.6. The molecule has 3 saturated heterocycles. The molecule has 0 radical (unpaired) electrons. The molecule has 2 aromatic rings. The molecule has 1 aromatic carbocycles. The quantitative estimate of drug-likeness (QED) is 0.549. The van der Waals surface area contributed by atoms with Gasteiger partial charge in [-0.15, -0.1) is 0 Å². The number of fused-ring (bicyclic) bond motifs is 1. The molecule has 3 fully saturated rings. The molecule has 2 atom stereocenters. The number of carboxylic acid groups (broad SMARTS) is 1. The number of rotatable bonds is 5. The van der Waals surface area contributed by atoms with Crippen molar-refractivity contribution in [3.8, 4) is 0 Å². The number of hydrogen-bond donors (Lipinski definition) is 2. The van der Waals surface area contributed by atoms with E-state index in [1.807, 2.05) is 12.1 Å². The van der Waals surface area contributed by atoms with Crippen molar-refractivity contribution in [2.75, 3.05) is 32.7 Å². The summed E-state index contributed by atoms with van der Waals surface area (Å²) in [5.74, 6) is -0.362. The highest BCUT2D eigenvalue weighted by Crippen LogP contribution is 2.52. The lowest BCUT2D eigenvalue weighted by atomic mass is 9.57. The fraction of sp³-hybridized carbons (Fsp3) is 0.667. The van der Waals surface area contributed by atoms with Crippen LogP contribution < -0.4 is 11.0 Å². The van der Waals surface area contributed by atoms with Crippen molar-refractivity contribution >= 4 is 28.9 Å². The van der Waals surface area contributed by atoms with Crippen molar-refractivity contribution in [1.29, 1.82) is 0 Å². The second-order valence-corrected chi connectivity index (χ2v) is 13.2. The molecule has 40 heavy (non-hydrogen) atoms. The van der Waals surface area contributed by atoms with E-state index < -0.39 is 18.0 Å². The summed E-state index contributed by atoms with van der Waals surface area (Å²) in [6.45, 7) is 11.0. The van der Waals surface area contributed by atoms with Crippen LogP contribution in [0, 0.1) is 16.7 Å². The molecule has 2 unspecified atom stereocenters. The van der Waals surface area contributed by atoms with Crippen molar-refractivity contribution in [1.82, 2.24) is 24.3 Å². The second kappa shape index (κ2) is 10.7. The Hall–Kier alpha value is -3.14. The minimum absolute atomic E-state index is 0.0507. The Morgan fingerprint density at radius 1 is 1.10 bits per heavy atom. The van der Waals surface area contributed by atoms with Gasteiger partial charge in [-0.05, 0) is 86.5 Å². The van der Waals surface area contributed by atoms with Gasteiger partial charge in [0.05, 0.1) is 11.0 Å². The van der Waals surface area contributed by atoms with E-state index in [9.17, 15) is 24.3 Å². The molecule has 3 aliphatic heterocycles. The number of para-hydroxylation sites is 1. The van der Waals surface area contributed by atoms with Gasteiger partial charge in [-0.25, -0.2) is 9.59 Å². The maximum absolute atomic E-state index is 13.2. The summed E-state index contributed by atoms with van der Waals surface area (Å²) in [5.41, 5.74) is 2.69. The zero-order valence-corrected chi connectivity index (χ0v) is 24.2. The number of amides is 3. The number of carbonyl (C=O) groups is 3. The fourth-order valence-electron chi connectivity index (χ4n) is 7.67. The Bertz CT molecular complexity index is 1360. The lowest BCUT2D eigenvalue weighted by molar-refractivity contribution is -0.135. The van der Waals surface area contributed by atoms with Crippen LogP contribution >= 0.6 is 0 Å². The first kappa shape index (κ1) is 28.4. The predicted molar refractivity (Wildman–Crippen MR) is 152 cm³/mol. The molecule has 218 valence electrons. The van der Waals surface area contributed by atoms with Gasteiger partial charge in [-0.3, -0.25) is 24.0 Å². The number of benzene rings is 1. The molecular formula is C30H43N5O5. The van der Waals surface area contributed by atoms with Crippen LogP contribution in [0.3, 0.4) is 0 Å². The Morgan fingerprint density at radius 3 is 2.45 bits per heavy atom. The van der Waals surface area contributed by atoms with E-state index in [1.54, 1.807) is 21.1 Å². The number of aryl methyl sites for hydroxylation is 2. The summed E-state index contributed by atoms with van der Waals surface area (Å²) >= 11 is 0. The molecule has 5 rings (SSSR count). The molecule has 0 saturated carbocycles. The van der Waals surface area contributed by atoms with Gasteiger partial charge in [0, 0.05) is 26.6 Å². The first-order valence-corrected chi connectivity index (χ1v) is 14.6. The van der Waals surface area contributed by atoms with Gasteiger partial charge < -0.3 is 14.9 Å². The number of nitrogens with one attached hydrogen (secondary N) is 1. The third-order valence-corrected chi connectivity index (χ3v) is 9.82. The average Bonchev–Trinajstić information content (AvgIpc) is 3.15. The van der Waals surface area contributed by atoms with E-state index in [0.717, 1.165) is 68.3 Å². The Labute approximate surface area is 235 Å². The van der Waals surface area contributed by atoms with Gasteiger partial charge >= 0.3 is 11.8 Å². The van der Waals surface area contributed by atoms with Gasteiger partial charge in [0.2, 0.25) is 11.8 Å². The number of imidazole rings is 1. The van der Waals surface area contributed by atoms with E-state index in [0.29, 0.717) is 25.4 Å². The summed E-state index contributed by atoms with van der Waals surface area (Å²) in [4.78, 5) is 53.2. The zero-order chi connectivity index (χ0) is 28.8. The number of imide groups is 1. The highest BCUT2D eigenvalue weighted by atomic mass is 16.4. The van der Waals surface area contributed by atoms with E-state index in [-0.39, 0.29) is 28.8 Å². The van der Waals surface area contributed by atoms with Gasteiger partial charge in [-0.1, -0.05) is 32.9 Å². The molecule has 4 heterocycles. The van der Waals surface area contributed by atoms with Gasteiger partial charge in [0.15, 0.2) is 0 Å². The van der Waals surface area contributed by atoms with Crippen LogP contribution in [0.1, 0.15) is 70.9 Å². The minimum atomic E-state index is -0.804. The van der Waals surface area contributed by atoms with E-state index >= 15 is 0 Å². The smallest absolute Gasteiger partial charge is 0.407 e. The Morgan fingerprint density at radius 2 is 1.80 bits per heavy atom. The highest BCUT2D eigenvalue weighted by molar-refractivity contribution is 6.00. The van der Waals surface area contributed by atoms with Gasteiger partial charge in [-0.2, -0.15) is 0 Å². The minimum Gasteiger partial charge on any atom is -0.465 e. The van der Waals surface area contributed by atoms with E-state index in [2.05, 4.69) is 37.1 Å². The number of piperidine rings is 3. The van der Waals surface area contributed by atoms with Crippen molar-refractivity contribution in [3.63, 3.8) is 0 Å². The van der Waals surface area contributed by atoms with Crippen molar-refractivity contribution < 1.29 is 19.5 Å². The largest absolute Gasteiger partial charge is 0.465 e. The lowest BCUT2D eigenvalue weighted by Gasteiger charge is -2.55. The van der Waals surface area contributed by atoms with Crippen LogP contribution in [0.2, 0.25) is 0 Å². The Kier molecular flexibility index (Phi) is 7.58. The van der Waals surface area contributed by atoms with Crippen LogP contribution in [0.4, 0.5) is 4.79 Å². The van der Waals surface area contributed by atoms with Crippen LogP contribution in [-0.2, 0) is 23.1 Å². The molecule has 0 aliphatic carbocycles. The van der Waals surface area contributed by atoms with Crippen LogP contribution in [0.25, 0.3) is 11.0 Å². The third-order valence-electron chi connectivity index (χ3n) is 9.82. The summed E-state index contributed by atoms with van der Waals surface area (Å²) in [7, 11) is 1.75. The maximum Gasteiger partial charge on any atom is 0.407 e. The number of likely N-dealkylation sites (tertiary alicyclic amines) is 2. The first-order chi connectivity index (χ1) is 18.9. The molecule has 1 spiro atoms. The Balaban J connectivity index is 1.24. The van der Waals surface area contributed by atoms with Gasteiger partial charge in [0.1, 0.15) is 6.04 Å². The van der Waals surface area contributed by atoms with Crippen LogP contribution in [0.15, 0.2) is 23.0 Å². The van der Waals surface area contributed by atoms with Gasteiger partial charge in [0.25, 0.3) is 0 Å². The molecule has 1 aromatic heterocycles. The van der Waals surface area contributed by atoms with E-state index in [1.165, 1.54) is 0 Å². The predicted octanol–water partition coefficient (Wildman–Crippen LogP) is 3.38. The van der Waals surface area contributed by atoms with Crippen molar-refractivity contribution in [3.05, 3.63) is 34.2 Å². The maximum atomic E-state index is 13.2. The number of nitrogens with zero attached hydrogens (tertiary/aromatic N) is 4. The number of aromatic nitrogens is 2. The summed E-state index contributed by atoms with van der Waals surface area (Å²) in [6.07, 6.45) is 4.67. The molecule has 10 nitrogen and oxygen atoms in total. The summed E-state index contributed by atoms with van der Waals surface area (Å²) in [6, 6.07) is 5.21. The molecule has 3 amide bonds. The van der Waals surface area contributed by atoms with Crippen molar-refractivity contribution in [2.24, 2.45) is 23.8 Å². The normalized spacial score (nSPS) is 24.1. The third kappa shape index (κ3) is 5.18. The number of carbonyl (C=O) groups excluding carboxylic acids is 2. The molecular weight excluding hydrogens is 510 g/mol. The molecule has 2 N–H and O–H groups in total. The molecule has 0 bridgehead atoms. The monoisotopic (exact) mass is 553 g/mol. The lowest BCUT2D eigenvalue weighted by Crippen LogP contribution is -2.56. The van der Waals surface area contributed by atoms with E-state index in [4.69, 9.17) is 0 Å². The standard InChI is InChI=1S/C30H43N5O5/c1-29(2,3)23-19-34(28(39)40)18-14-30(23)12-16-33(17-13-30)15-6-8-20-7-5-9-21-25(20)32(4)27(38)35(21)22-10-11-24(36)31-26(22)37/h5,7,9,22-23H,6,8,10-19H2,1-4H3,(H,39,40)(H,31,36,37). The second-order valence-electron chi connectivity index (χ2n) is 13.2. The molecule has 10 heteroatoms. The topological polar surface area (TPSA) is 117 Å². The summed E-state index contributed by atoms with van der Waals surface area (Å²) in [5, 5.41) is 12.0. The highest BCUT2D eigenvalue weighted by Gasteiger charge is 2.49. The average molecular weight is 554 g/mol. The summed E-state index contributed by atoms with van der Waals surface area (Å²) < 4.78 is 3.18. The van der Waals surface area contributed by atoms with Crippen LogP contribution in [-0.4, -0.2) is 74.7 Å². The zero-order valence-electron chi connectivity index (χ0n) is 24.2. The van der Waals surface area contributed by atoms with Crippen LogP contribution in [0.5, 0.6) is 0 Å². The SMILES string of the molecule is Cn1c(=O)n(C2CCC(=O)NC2=O)c2cccc(CCCN3CCC4(CC3)CCN(C(=O)O)CC4C(C)(C)C)c21. The van der Waals surface area contributed by atoms with Crippen molar-refractivity contribution in [2.45, 2.75) is 71.8 Å². The fourth-order valence-corrected chi connectivity index (χ4v) is 7.67. The number of hydrogen-bond acceptors (Lipinski definition) is 5. The molecule has 3 aliphatic rings.